The van der Waals surface area contributed by atoms with Gasteiger partial charge in [0.1, 0.15) is 5.37 Å². The van der Waals surface area contributed by atoms with Crippen LogP contribution in [0.1, 0.15) is 33.3 Å². The monoisotopic (exact) mass is 288 g/mol. The molecule has 0 saturated heterocycles. The van der Waals surface area contributed by atoms with Crippen molar-refractivity contribution in [2.75, 3.05) is 6.61 Å². The highest BCUT2D eigenvalue weighted by atomic mass is 32.2. The fourth-order valence-electron chi connectivity index (χ4n) is 2.12. The van der Waals surface area contributed by atoms with E-state index in [9.17, 15) is 9.59 Å². The van der Waals surface area contributed by atoms with Gasteiger partial charge in [0.25, 0.3) is 0 Å². The third-order valence-electron chi connectivity index (χ3n) is 2.99. The predicted molar refractivity (Wildman–Crippen MR) is 73.9 cm³/mol. The highest BCUT2D eigenvalue weighted by Crippen LogP contribution is 2.43. The quantitative estimate of drug-likeness (QED) is 0.812. The van der Waals surface area contributed by atoms with E-state index in [4.69, 9.17) is 4.74 Å². The number of aromatic nitrogens is 2. The van der Waals surface area contributed by atoms with E-state index in [1.165, 1.54) is 18.0 Å². The van der Waals surface area contributed by atoms with Crippen LogP contribution in [-0.4, -0.2) is 27.9 Å². The van der Waals surface area contributed by atoms with Gasteiger partial charge in [-0.25, -0.2) is 9.78 Å². The highest BCUT2D eigenvalue weighted by molar-refractivity contribution is 8.00. The maximum Gasteiger partial charge on any atom is 0.374 e. The van der Waals surface area contributed by atoms with Crippen molar-refractivity contribution in [3.63, 3.8) is 0 Å². The number of carbonyl (C=O) groups is 2. The van der Waals surface area contributed by atoms with Crippen LogP contribution in [0.5, 0.6) is 0 Å². The molecule has 3 rings (SSSR count). The Labute approximate surface area is 120 Å². The Balaban J connectivity index is 1.95. The van der Waals surface area contributed by atoms with E-state index in [2.05, 4.69) is 4.98 Å². The van der Waals surface area contributed by atoms with Crippen LogP contribution >= 0.6 is 11.8 Å². The molecule has 5 nitrogen and oxygen atoms in total. The molecule has 0 saturated carbocycles. The summed E-state index contributed by atoms with van der Waals surface area (Å²) in [6.45, 7) is 2.01. The van der Waals surface area contributed by atoms with E-state index in [1.54, 1.807) is 23.8 Å². The molecule has 2 aromatic rings. The fourth-order valence-corrected chi connectivity index (χ4v) is 3.33. The Morgan fingerprint density at radius 3 is 3.00 bits per heavy atom. The molecule has 0 aliphatic carbocycles. The number of benzene rings is 1. The molecule has 20 heavy (non-hydrogen) atoms. The van der Waals surface area contributed by atoms with E-state index in [-0.39, 0.29) is 18.2 Å². The smallest absolute Gasteiger partial charge is 0.374 e. The number of Topliss-reactive ketones (excluding diaryl/α,β-unsaturated/α-hetero) is 1. The van der Waals surface area contributed by atoms with Crippen molar-refractivity contribution >= 4 is 23.5 Å². The summed E-state index contributed by atoms with van der Waals surface area (Å²) in [6, 6.07) is 7.42. The van der Waals surface area contributed by atoms with Crippen molar-refractivity contribution in [2.45, 2.75) is 17.2 Å². The van der Waals surface area contributed by atoms with Gasteiger partial charge < -0.3 is 9.30 Å². The summed E-state index contributed by atoms with van der Waals surface area (Å²) in [7, 11) is 0. The van der Waals surface area contributed by atoms with Crippen LogP contribution in [0.25, 0.3) is 0 Å². The largest absolute Gasteiger partial charge is 0.460 e. The van der Waals surface area contributed by atoms with Crippen LogP contribution in [-0.2, 0) is 4.74 Å². The number of hydrogen-bond donors (Lipinski definition) is 0. The number of carbonyl (C=O) groups excluding carboxylic acids is 2. The van der Waals surface area contributed by atoms with Crippen LogP contribution in [0, 0.1) is 0 Å². The summed E-state index contributed by atoms with van der Waals surface area (Å²) in [5, 5.41) is -0.491. The average molecular weight is 288 g/mol. The molecule has 0 radical (unpaired) electrons. The third kappa shape index (κ3) is 2.02. The van der Waals surface area contributed by atoms with Gasteiger partial charge in [0.15, 0.2) is 5.78 Å². The number of ketones is 1. The normalized spacial score (nSPS) is 17.1. The minimum atomic E-state index is -0.512. The van der Waals surface area contributed by atoms with Gasteiger partial charge in [-0.2, -0.15) is 0 Å². The van der Waals surface area contributed by atoms with Crippen molar-refractivity contribution in [1.82, 2.24) is 9.55 Å². The Bertz CT molecular complexity index is 681. The molecule has 1 aromatic heterocycles. The number of nitrogens with zero attached hydrogens (tertiary/aromatic N) is 2. The number of esters is 1. The maximum absolute atomic E-state index is 12.4. The number of imidazole rings is 1. The summed E-state index contributed by atoms with van der Waals surface area (Å²) in [6.07, 6.45) is 3.14. The Morgan fingerprint density at radius 2 is 2.25 bits per heavy atom. The average Bonchev–Trinajstić information content (AvgIpc) is 3.04. The third-order valence-corrected chi connectivity index (χ3v) is 4.27. The Hall–Kier alpha value is -2.08. The molecule has 1 aliphatic heterocycles. The van der Waals surface area contributed by atoms with E-state index in [0.717, 1.165) is 4.90 Å². The number of thioether (sulfide) groups is 1. The molecule has 1 unspecified atom stereocenters. The van der Waals surface area contributed by atoms with E-state index < -0.39 is 11.3 Å². The molecule has 1 aromatic carbocycles. The second-order valence-electron chi connectivity index (χ2n) is 4.21. The predicted octanol–water partition coefficient (Wildman–Crippen LogP) is 2.55. The van der Waals surface area contributed by atoms with Crippen LogP contribution in [0.3, 0.4) is 0 Å². The lowest BCUT2D eigenvalue weighted by Crippen LogP contribution is -2.19. The first-order chi connectivity index (χ1) is 9.72. The lowest BCUT2D eigenvalue weighted by molar-refractivity contribution is 0.0506. The zero-order chi connectivity index (χ0) is 14.1. The SMILES string of the molecule is CCOC(=O)c1nccn1C1Sc2ccccc2C1=O. The molecule has 6 heteroatoms. The summed E-state index contributed by atoms with van der Waals surface area (Å²) in [5.74, 6) is -0.374. The maximum atomic E-state index is 12.4. The first-order valence-corrected chi connectivity index (χ1v) is 7.10. The van der Waals surface area contributed by atoms with Crippen molar-refractivity contribution in [2.24, 2.45) is 0 Å². The van der Waals surface area contributed by atoms with Gasteiger partial charge in [0.05, 0.1) is 6.61 Å². The number of rotatable bonds is 3. The fraction of sp³-hybridized carbons (Fsp3) is 0.214. The molecule has 0 spiro atoms. The molecule has 2 heterocycles. The molecule has 0 fully saturated rings. The Kier molecular flexibility index (Phi) is 3.31. The highest BCUT2D eigenvalue weighted by Gasteiger charge is 2.34. The van der Waals surface area contributed by atoms with Gasteiger partial charge >= 0.3 is 5.97 Å². The van der Waals surface area contributed by atoms with Crippen LogP contribution < -0.4 is 0 Å². The van der Waals surface area contributed by atoms with Gasteiger partial charge in [-0.05, 0) is 13.0 Å². The minimum Gasteiger partial charge on any atom is -0.460 e. The summed E-state index contributed by atoms with van der Waals surface area (Å²) in [4.78, 5) is 29.2. The zero-order valence-corrected chi connectivity index (χ0v) is 11.6. The minimum absolute atomic E-state index is 0.0193. The molecular weight excluding hydrogens is 276 g/mol. The van der Waals surface area contributed by atoms with Gasteiger partial charge in [-0.3, -0.25) is 4.79 Å². The summed E-state index contributed by atoms with van der Waals surface area (Å²) >= 11 is 1.42. The van der Waals surface area contributed by atoms with Gasteiger partial charge in [0, 0.05) is 22.9 Å². The molecule has 0 N–H and O–H groups in total. The number of ether oxygens (including phenoxy) is 1. The van der Waals surface area contributed by atoms with Crippen LogP contribution in [0.4, 0.5) is 0 Å². The van der Waals surface area contributed by atoms with Crippen molar-refractivity contribution in [1.29, 1.82) is 0 Å². The zero-order valence-electron chi connectivity index (χ0n) is 10.8. The van der Waals surface area contributed by atoms with Gasteiger partial charge in [-0.1, -0.05) is 30.0 Å². The van der Waals surface area contributed by atoms with E-state index in [0.29, 0.717) is 5.56 Å². The first-order valence-electron chi connectivity index (χ1n) is 6.22. The second kappa shape index (κ2) is 5.13. The molecular formula is C14H12N2O3S. The van der Waals surface area contributed by atoms with E-state index >= 15 is 0 Å². The van der Waals surface area contributed by atoms with Crippen molar-refractivity contribution in [3.8, 4) is 0 Å². The van der Waals surface area contributed by atoms with Gasteiger partial charge in [0.2, 0.25) is 5.82 Å². The standard InChI is InChI=1S/C14H12N2O3S/c1-2-19-14(18)12-15-7-8-16(12)13-11(17)9-5-3-4-6-10(9)20-13/h3-8,13H,2H2,1H3. The molecule has 1 atom stereocenters. The van der Waals surface area contributed by atoms with Gasteiger partial charge in [-0.15, -0.1) is 0 Å². The summed E-state index contributed by atoms with van der Waals surface area (Å²) < 4.78 is 6.53. The molecule has 0 bridgehead atoms. The lowest BCUT2D eigenvalue weighted by atomic mass is 10.1. The van der Waals surface area contributed by atoms with Crippen LogP contribution in [0.2, 0.25) is 0 Å². The molecule has 1 aliphatic rings. The number of fused-ring (bicyclic) bond motifs is 1. The second-order valence-corrected chi connectivity index (χ2v) is 5.33. The van der Waals surface area contributed by atoms with E-state index in [1.807, 2.05) is 18.2 Å². The topological polar surface area (TPSA) is 61.2 Å². The first kappa shape index (κ1) is 12.9. The lowest BCUT2D eigenvalue weighted by Gasteiger charge is -2.12. The van der Waals surface area contributed by atoms with Crippen LogP contribution in [0.15, 0.2) is 41.6 Å². The van der Waals surface area contributed by atoms with Crippen molar-refractivity contribution in [3.05, 3.63) is 48.0 Å². The number of hydrogen-bond acceptors (Lipinski definition) is 5. The van der Waals surface area contributed by atoms with Crippen molar-refractivity contribution < 1.29 is 14.3 Å². The molecule has 102 valence electrons. The summed E-state index contributed by atoms with van der Waals surface area (Å²) in [5.41, 5.74) is 0.686. The Morgan fingerprint density at radius 1 is 1.45 bits per heavy atom. The molecule has 0 amide bonds.